The summed E-state index contributed by atoms with van der Waals surface area (Å²) in [5.74, 6) is 0. The first-order valence-corrected chi connectivity index (χ1v) is 5.43. The second-order valence-corrected chi connectivity index (χ2v) is 3.80. The molecule has 2 nitrogen and oxygen atoms in total. The third-order valence-electron chi connectivity index (χ3n) is 2.62. The number of hydrogen-bond donors (Lipinski definition) is 1. The van der Waals surface area contributed by atoms with E-state index in [2.05, 4.69) is 23.2 Å². The molecule has 0 aliphatic carbocycles. The zero-order valence-corrected chi connectivity index (χ0v) is 8.82. The Morgan fingerprint density at radius 1 is 1.07 bits per heavy atom. The Kier molecular flexibility index (Phi) is 3.30. The molecule has 1 aromatic heterocycles. The van der Waals surface area contributed by atoms with Crippen LogP contribution < -0.4 is 5.73 Å². The summed E-state index contributed by atoms with van der Waals surface area (Å²) in [5.41, 5.74) is 6.85. The average Bonchev–Trinajstić information content (AvgIpc) is 2.29. The number of unbranched alkanes of at least 4 members (excludes halogenated alkanes) is 1. The maximum atomic E-state index is 5.47. The van der Waals surface area contributed by atoms with Gasteiger partial charge in [-0.05, 0) is 48.9 Å². The quantitative estimate of drug-likeness (QED) is 0.770. The number of pyridine rings is 1. The molecule has 0 radical (unpaired) electrons. The Labute approximate surface area is 90.1 Å². The number of aryl methyl sites for hydroxylation is 1. The van der Waals surface area contributed by atoms with E-state index in [-0.39, 0.29) is 0 Å². The normalized spacial score (nSPS) is 10.7. The standard InChI is InChI=1S/C13H16N2/c14-7-2-1-3-11-4-5-12-6-8-15-10-13(12)9-11/h4-6,8-10H,1-3,7,14H2. The maximum Gasteiger partial charge on any atom is 0.0346 e. The molecule has 0 saturated heterocycles. The Morgan fingerprint density at radius 2 is 2.00 bits per heavy atom. The number of aromatic nitrogens is 1. The summed E-state index contributed by atoms with van der Waals surface area (Å²) in [4.78, 5) is 4.13. The van der Waals surface area contributed by atoms with E-state index in [0.29, 0.717) is 0 Å². The number of nitrogens with two attached hydrogens (primary N) is 1. The molecule has 0 bridgehead atoms. The molecular formula is C13H16N2. The minimum absolute atomic E-state index is 0.787. The van der Waals surface area contributed by atoms with Crippen LogP contribution in [0.1, 0.15) is 18.4 Å². The van der Waals surface area contributed by atoms with Crippen molar-refractivity contribution in [1.82, 2.24) is 4.98 Å². The fraction of sp³-hybridized carbons (Fsp3) is 0.308. The Bertz CT molecular complexity index is 437. The third kappa shape index (κ3) is 2.54. The summed E-state index contributed by atoms with van der Waals surface area (Å²) in [6.07, 6.45) is 7.13. The molecule has 0 atom stereocenters. The summed E-state index contributed by atoms with van der Waals surface area (Å²) in [7, 11) is 0. The molecule has 0 aliphatic rings. The average molecular weight is 200 g/mol. The fourth-order valence-electron chi connectivity index (χ4n) is 1.76. The number of benzene rings is 1. The van der Waals surface area contributed by atoms with Gasteiger partial charge >= 0.3 is 0 Å². The van der Waals surface area contributed by atoms with Crippen LogP contribution in [0.15, 0.2) is 36.7 Å². The van der Waals surface area contributed by atoms with E-state index >= 15 is 0 Å². The highest BCUT2D eigenvalue weighted by molar-refractivity contribution is 5.81. The van der Waals surface area contributed by atoms with Gasteiger partial charge in [0.2, 0.25) is 0 Å². The van der Waals surface area contributed by atoms with Crippen LogP contribution in [0.4, 0.5) is 0 Å². The van der Waals surface area contributed by atoms with Gasteiger partial charge in [0.15, 0.2) is 0 Å². The molecule has 2 rings (SSSR count). The van der Waals surface area contributed by atoms with E-state index in [1.165, 1.54) is 22.8 Å². The molecule has 15 heavy (non-hydrogen) atoms. The van der Waals surface area contributed by atoms with Crippen LogP contribution in [-0.2, 0) is 6.42 Å². The summed E-state index contributed by atoms with van der Waals surface area (Å²) >= 11 is 0. The van der Waals surface area contributed by atoms with E-state index in [1.807, 2.05) is 18.5 Å². The lowest BCUT2D eigenvalue weighted by Crippen LogP contribution is -1.98. The van der Waals surface area contributed by atoms with Gasteiger partial charge in [0.25, 0.3) is 0 Å². The van der Waals surface area contributed by atoms with Gasteiger partial charge in [-0.2, -0.15) is 0 Å². The Morgan fingerprint density at radius 3 is 2.87 bits per heavy atom. The minimum atomic E-state index is 0.787. The van der Waals surface area contributed by atoms with E-state index in [0.717, 1.165) is 19.4 Å². The largest absolute Gasteiger partial charge is 0.330 e. The molecule has 0 fully saturated rings. The second kappa shape index (κ2) is 4.89. The van der Waals surface area contributed by atoms with Gasteiger partial charge in [-0.25, -0.2) is 0 Å². The first kappa shape index (κ1) is 10.1. The molecule has 1 heterocycles. The van der Waals surface area contributed by atoms with Gasteiger partial charge in [-0.1, -0.05) is 12.1 Å². The second-order valence-electron chi connectivity index (χ2n) is 3.80. The molecule has 78 valence electrons. The summed E-state index contributed by atoms with van der Waals surface area (Å²) in [5, 5.41) is 2.48. The highest BCUT2D eigenvalue weighted by Gasteiger charge is 1.96. The van der Waals surface area contributed by atoms with Crippen LogP contribution in [0, 0.1) is 0 Å². The lowest BCUT2D eigenvalue weighted by atomic mass is 10.0. The molecular weight excluding hydrogens is 184 g/mol. The lowest BCUT2D eigenvalue weighted by molar-refractivity contribution is 0.745. The third-order valence-corrected chi connectivity index (χ3v) is 2.62. The predicted octanol–water partition coefficient (Wildman–Crippen LogP) is 2.52. The first-order valence-electron chi connectivity index (χ1n) is 5.43. The monoisotopic (exact) mass is 200 g/mol. The molecule has 1 aromatic carbocycles. The summed E-state index contributed by atoms with van der Waals surface area (Å²) < 4.78 is 0. The molecule has 2 N–H and O–H groups in total. The molecule has 0 unspecified atom stereocenters. The van der Waals surface area contributed by atoms with Crippen LogP contribution in [-0.4, -0.2) is 11.5 Å². The van der Waals surface area contributed by atoms with Crippen molar-refractivity contribution < 1.29 is 0 Å². The molecule has 0 amide bonds. The van der Waals surface area contributed by atoms with Crippen molar-refractivity contribution in [2.45, 2.75) is 19.3 Å². The number of rotatable bonds is 4. The number of nitrogens with zero attached hydrogens (tertiary/aromatic N) is 1. The van der Waals surface area contributed by atoms with Crippen molar-refractivity contribution in [3.63, 3.8) is 0 Å². The van der Waals surface area contributed by atoms with Gasteiger partial charge in [0.1, 0.15) is 0 Å². The Balaban J connectivity index is 2.16. The van der Waals surface area contributed by atoms with Crippen LogP contribution >= 0.6 is 0 Å². The van der Waals surface area contributed by atoms with E-state index in [4.69, 9.17) is 5.73 Å². The van der Waals surface area contributed by atoms with Gasteiger partial charge in [-0.3, -0.25) is 4.98 Å². The van der Waals surface area contributed by atoms with Crippen molar-refractivity contribution >= 4 is 10.8 Å². The summed E-state index contributed by atoms with van der Waals surface area (Å²) in [6, 6.07) is 8.62. The van der Waals surface area contributed by atoms with Crippen LogP contribution in [0.5, 0.6) is 0 Å². The van der Waals surface area contributed by atoms with Gasteiger partial charge in [0, 0.05) is 17.8 Å². The van der Waals surface area contributed by atoms with Crippen molar-refractivity contribution in [2.24, 2.45) is 5.73 Å². The van der Waals surface area contributed by atoms with Crippen molar-refractivity contribution in [3.05, 3.63) is 42.2 Å². The van der Waals surface area contributed by atoms with Crippen LogP contribution in [0.25, 0.3) is 10.8 Å². The van der Waals surface area contributed by atoms with Gasteiger partial charge in [0.05, 0.1) is 0 Å². The fourth-order valence-corrected chi connectivity index (χ4v) is 1.76. The molecule has 0 spiro atoms. The highest BCUT2D eigenvalue weighted by atomic mass is 14.6. The summed E-state index contributed by atoms with van der Waals surface area (Å²) in [6.45, 7) is 0.787. The van der Waals surface area contributed by atoms with Crippen LogP contribution in [0.2, 0.25) is 0 Å². The SMILES string of the molecule is NCCCCc1ccc2ccncc2c1. The van der Waals surface area contributed by atoms with Crippen LogP contribution in [0.3, 0.4) is 0 Å². The van der Waals surface area contributed by atoms with Crippen molar-refractivity contribution in [1.29, 1.82) is 0 Å². The van der Waals surface area contributed by atoms with E-state index in [1.54, 1.807) is 0 Å². The molecule has 0 saturated carbocycles. The first-order chi connectivity index (χ1) is 7.40. The van der Waals surface area contributed by atoms with E-state index < -0.39 is 0 Å². The lowest BCUT2D eigenvalue weighted by Gasteiger charge is -2.02. The zero-order valence-electron chi connectivity index (χ0n) is 8.82. The zero-order chi connectivity index (χ0) is 10.5. The maximum absolute atomic E-state index is 5.47. The van der Waals surface area contributed by atoms with Crippen molar-refractivity contribution in [3.8, 4) is 0 Å². The number of hydrogen-bond acceptors (Lipinski definition) is 2. The smallest absolute Gasteiger partial charge is 0.0346 e. The Hall–Kier alpha value is -1.41. The molecule has 2 aromatic rings. The van der Waals surface area contributed by atoms with Crippen molar-refractivity contribution in [2.75, 3.05) is 6.54 Å². The predicted molar refractivity (Wildman–Crippen MR) is 63.7 cm³/mol. The van der Waals surface area contributed by atoms with Gasteiger partial charge < -0.3 is 5.73 Å². The number of fused-ring (bicyclic) bond motifs is 1. The minimum Gasteiger partial charge on any atom is -0.330 e. The van der Waals surface area contributed by atoms with E-state index in [9.17, 15) is 0 Å². The van der Waals surface area contributed by atoms with Gasteiger partial charge in [-0.15, -0.1) is 0 Å². The topological polar surface area (TPSA) is 38.9 Å². The molecule has 0 aliphatic heterocycles. The molecule has 2 heteroatoms. The highest BCUT2D eigenvalue weighted by Crippen LogP contribution is 2.15.